The summed E-state index contributed by atoms with van der Waals surface area (Å²) in [6, 6.07) is 21.9. The van der Waals surface area contributed by atoms with Crippen molar-refractivity contribution in [2.24, 2.45) is 0 Å². The number of esters is 1. The minimum atomic E-state index is -5.78. The average molecular weight is 771 g/mol. The van der Waals surface area contributed by atoms with E-state index in [0.29, 0.717) is 27.5 Å². The molecule has 0 radical (unpaired) electrons. The first-order valence-corrected chi connectivity index (χ1v) is 20.5. The molecule has 5 nitrogen and oxygen atoms in total. The predicted octanol–water partition coefficient (Wildman–Crippen LogP) is 11.3. The van der Waals surface area contributed by atoms with Gasteiger partial charge in [-0.25, -0.2) is 4.79 Å². The standard InChI is InChI=1S/C38H51BrF2O5S2/c1-35(2,3)28-14-20-31(21-15-28)47(32-22-16-29(17-23-32)36(4,5)6,33-24-18-30(19-25-33)37(7,8)9)46-48(43,44)38(40,41)34(42)45-27-13-11-10-12-26-39/h14-25H,10-13,26-27H2,1-9H3/p+1. The minimum Gasteiger partial charge on any atom is -0.460 e. The zero-order valence-corrected chi connectivity index (χ0v) is 32.9. The zero-order valence-electron chi connectivity index (χ0n) is 29.7. The van der Waals surface area contributed by atoms with Gasteiger partial charge in [0.25, 0.3) is 0 Å². The SMILES string of the molecule is CC(C)(C)c1ccc(S([OH+]S(=O)(=O)C(F)(F)C(=O)OCCCCCCBr)(c2ccc(C(C)(C)C)cc2)c2ccc(C(C)(C)C)cc2)cc1. The monoisotopic (exact) mass is 769 g/mol. The number of alkyl halides is 3. The molecule has 0 saturated heterocycles. The van der Waals surface area contributed by atoms with Crippen molar-refractivity contribution in [1.82, 2.24) is 0 Å². The maximum absolute atomic E-state index is 15.8. The van der Waals surface area contributed by atoms with Gasteiger partial charge in [-0.3, -0.25) is 3.63 Å². The van der Waals surface area contributed by atoms with Crippen LogP contribution in [0.25, 0.3) is 0 Å². The van der Waals surface area contributed by atoms with Crippen molar-refractivity contribution in [3.63, 3.8) is 0 Å². The fraction of sp³-hybridized carbons (Fsp3) is 0.500. The molecule has 0 saturated carbocycles. The molecule has 0 aliphatic rings. The fourth-order valence-electron chi connectivity index (χ4n) is 5.09. The lowest BCUT2D eigenvalue weighted by Crippen LogP contribution is -2.42. The van der Waals surface area contributed by atoms with Crippen LogP contribution in [0.3, 0.4) is 0 Å². The van der Waals surface area contributed by atoms with Crippen LogP contribution in [0.5, 0.6) is 0 Å². The van der Waals surface area contributed by atoms with Crippen LogP contribution in [-0.2, 0) is 35.9 Å². The topological polar surface area (TPSA) is 73.2 Å². The molecule has 0 spiro atoms. The Labute approximate surface area is 297 Å². The molecule has 0 aromatic heterocycles. The van der Waals surface area contributed by atoms with Gasteiger partial charge in [-0.05, 0) is 82.2 Å². The highest BCUT2D eigenvalue weighted by atomic mass is 79.9. The Morgan fingerprint density at radius 2 is 0.958 bits per heavy atom. The maximum atomic E-state index is 15.8. The lowest BCUT2D eigenvalue weighted by molar-refractivity contribution is -0.161. The van der Waals surface area contributed by atoms with Gasteiger partial charge in [-0.15, -0.1) is 8.42 Å². The molecule has 0 atom stereocenters. The summed E-state index contributed by atoms with van der Waals surface area (Å²) >= 11 is 3.34. The molecular formula is C38H52BrF2O5S2+. The van der Waals surface area contributed by atoms with Crippen molar-refractivity contribution in [2.75, 3.05) is 11.9 Å². The van der Waals surface area contributed by atoms with E-state index in [4.69, 9.17) is 4.74 Å². The molecule has 3 rings (SSSR count). The largest absolute Gasteiger partial charge is 0.514 e. The highest BCUT2D eigenvalue weighted by Gasteiger charge is 2.63. The van der Waals surface area contributed by atoms with Gasteiger partial charge in [-0.2, -0.15) is 8.78 Å². The Kier molecular flexibility index (Phi) is 12.8. The molecule has 0 bridgehead atoms. The van der Waals surface area contributed by atoms with E-state index in [0.717, 1.165) is 34.9 Å². The van der Waals surface area contributed by atoms with E-state index in [-0.39, 0.29) is 22.9 Å². The third-order valence-electron chi connectivity index (χ3n) is 8.22. The summed E-state index contributed by atoms with van der Waals surface area (Å²) in [5, 5.41) is -4.09. The molecule has 3 aromatic rings. The van der Waals surface area contributed by atoms with Crippen molar-refractivity contribution in [1.29, 1.82) is 0 Å². The van der Waals surface area contributed by atoms with Crippen LogP contribution >= 0.6 is 26.2 Å². The second-order valence-corrected chi connectivity index (χ2v) is 20.6. The number of carbonyl (C=O) groups is 1. The molecule has 1 N–H and O–H groups in total. The van der Waals surface area contributed by atoms with Crippen molar-refractivity contribution in [3.05, 3.63) is 89.5 Å². The Morgan fingerprint density at radius 3 is 1.27 bits per heavy atom. The van der Waals surface area contributed by atoms with Crippen LogP contribution in [-0.4, -0.2) is 35.2 Å². The first kappa shape index (κ1) is 40.2. The van der Waals surface area contributed by atoms with Crippen LogP contribution in [0.15, 0.2) is 87.5 Å². The van der Waals surface area contributed by atoms with Gasteiger partial charge in [0.1, 0.15) is 0 Å². The van der Waals surface area contributed by atoms with E-state index in [1.807, 2.05) is 36.4 Å². The van der Waals surface area contributed by atoms with Crippen LogP contribution < -0.4 is 0 Å². The Morgan fingerprint density at radius 1 is 0.625 bits per heavy atom. The molecule has 266 valence electrons. The first-order chi connectivity index (χ1) is 22.1. The van der Waals surface area contributed by atoms with E-state index >= 15 is 8.78 Å². The highest BCUT2D eigenvalue weighted by molar-refractivity contribution is 9.09. The summed E-state index contributed by atoms with van der Waals surface area (Å²) in [7, 11) is -9.06. The number of unbranched alkanes of at least 4 members (excludes halogenated alkanes) is 3. The normalized spacial score (nSPS) is 13.8. The number of benzene rings is 3. The Hall–Kier alpha value is -2.27. The van der Waals surface area contributed by atoms with E-state index in [2.05, 4.69) is 81.9 Å². The molecule has 0 heterocycles. The van der Waals surface area contributed by atoms with Crippen LogP contribution in [0.1, 0.15) is 105 Å². The van der Waals surface area contributed by atoms with Crippen molar-refractivity contribution >= 4 is 42.3 Å². The second kappa shape index (κ2) is 15.3. The maximum Gasteiger partial charge on any atom is 0.514 e. The summed E-state index contributed by atoms with van der Waals surface area (Å²) in [6.45, 7) is 18.2. The number of rotatable bonds is 13. The zero-order chi connectivity index (χ0) is 36.2. The molecule has 10 heteroatoms. The van der Waals surface area contributed by atoms with Gasteiger partial charge < -0.3 is 4.74 Å². The van der Waals surface area contributed by atoms with Crippen LogP contribution in [0.2, 0.25) is 0 Å². The molecule has 0 unspecified atom stereocenters. The molecule has 3 aromatic carbocycles. The quantitative estimate of drug-likeness (QED) is 0.0570. The van der Waals surface area contributed by atoms with E-state index < -0.39 is 31.7 Å². The predicted molar refractivity (Wildman–Crippen MR) is 198 cm³/mol. The summed E-state index contributed by atoms with van der Waals surface area (Å²) in [4.78, 5) is 14.1. The van der Waals surface area contributed by atoms with Crippen molar-refractivity contribution in [3.8, 4) is 0 Å². The molecular weight excluding hydrogens is 718 g/mol. The second-order valence-electron chi connectivity index (χ2n) is 15.2. The fourth-order valence-corrected chi connectivity index (χ4v) is 10.7. The minimum absolute atomic E-state index is 0.215. The van der Waals surface area contributed by atoms with E-state index in [1.165, 1.54) is 0 Å². The molecule has 0 aliphatic carbocycles. The molecule has 0 amide bonds. The van der Waals surface area contributed by atoms with Gasteiger partial charge in [0, 0.05) is 5.33 Å². The Bertz CT molecular complexity index is 1480. The molecule has 0 fully saturated rings. The number of halogens is 3. The highest BCUT2D eigenvalue weighted by Crippen LogP contribution is 2.69. The van der Waals surface area contributed by atoms with Crippen molar-refractivity contribution in [2.45, 2.75) is 124 Å². The van der Waals surface area contributed by atoms with Gasteiger partial charge in [-0.1, -0.05) is 127 Å². The third kappa shape index (κ3) is 9.29. The first-order valence-electron chi connectivity index (χ1n) is 16.3. The van der Waals surface area contributed by atoms with Gasteiger partial charge in [0.2, 0.25) is 0 Å². The lowest BCUT2D eigenvalue weighted by atomic mass is 9.87. The summed E-state index contributed by atoms with van der Waals surface area (Å²) in [5.74, 6) is -2.12. The summed E-state index contributed by atoms with van der Waals surface area (Å²) in [5.41, 5.74) is 2.31. The van der Waals surface area contributed by atoms with Crippen LogP contribution in [0, 0.1) is 0 Å². The van der Waals surface area contributed by atoms with Crippen molar-refractivity contribution < 1.29 is 30.4 Å². The molecule has 0 aliphatic heterocycles. The number of hydrogen-bond acceptors (Lipinski definition) is 4. The number of ether oxygens (including phenoxy) is 1. The number of hydrogen-bond donors (Lipinski definition) is 0. The Balaban J connectivity index is 2.27. The lowest BCUT2D eigenvalue weighted by Gasteiger charge is -2.36. The van der Waals surface area contributed by atoms with Crippen LogP contribution in [0.4, 0.5) is 8.78 Å². The third-order valence-corrected chi connectivity index (χ3v) is 14.1. The van der Waals surface area contributed by atoms with Gasteiger partial charge in [0.15, 0.2) is 0 Å². The average Bonchev–Trinajstić information content (AvgIpc) is 3.00. The summed E-state index contributed by atoms with van der Waals surface area (Å²) < 4.78 is 68.4. The van der Waals surface area contributed by atoms with E-state index in [1.54, 1.807) is 36.4 Å². The van der Waals surface area contributed by atoms with E-state index in [9.17, 15) is 13.2 Å². The molecule has 48 heavy (non-hydrogen) atoms. The summed E-state index contributed by atoms with van der Waals surface area (Å²) in [6.07, 6.45) is 2.73. The van der Waals surface area contributed by atoms with Gasteiger partial charge in [0.05, 0.1) is 31.6 Å². The van der Waals surface area contributed by atoms with Gasteiger partial charge >= 0.3 is 21.3 Å². The smallest absolute Gasteiger partial charge is 0.460 e. The number of carbonyl (C=O) groups excluding carboxylic acids is 1.